The fourth-order valence-electron chi connectivity index (χ4n) is 3.06. The van der Waals surface area contributed by atoms with Crippen LogP contribution in [-0.4, -0.2) is 62.1 Å². The molecule has 1 saturated heterocycles. The van der Waals surface area contributed by atoms with Gasteiger partial charge in [0.25, 0.3) is 5.91 Å². The van der Waals surface area contributed by atoms with E-state index in [0.29, 0.717) is 44.8 Å². The van der Waals surface area contributed by atoms with Crippen LogP contribution in [0.1, 0.15) is 29.3 Å². The van der Waals surface area contributed by atoms with Crippen LogP contribution in [0.3, 0.4) is 0 Å². The second-order valence-corrected chi connectivity index (χ2v) is 8.02. The normalized spacial score (nSPS) is 18.6. The predicted octanol–water partition coefficient (Wildman–Crippen LogP) is 1.12. The molecular weight excluding hydrogens is 316 g/mol. The molecular formula is C16H22N2O4S. The summed E-state index contributed by atoms with van der Waals surface area (Å²) in [6.07, 6.45) is 1.44. The molecule has 6 nitrogen and oxygen atoms in total. The number of nitrogens with zero attached hydrogens (tertiary/aromatic N) is 2. The van der Waals surface area contributed by atoms with Crippen LogP contribution in [0, 0.1) is 0 Å². The zero-order valence-corrected chi connectivity index (χ0v) is 14.1. The van der Waals surface area contributed by atoms with Crippen molar-refractivity contribution in [1.82, 2.24) is 9.21 Å². The number of carbonyl (C=O) groups is 1. The minimum atomic E-state index is -3.18. The van der Waals surface area contributed by atoms with Crippen LogP contribution in [0.5, 0.6) is 5.75 Å². The van der Waals surface area contributed by atoms with E-state index in [2.05, 4.69) is 0 Å². The van der Waals surface area contributed by atoms with Crippen LogP contribution < -0.4 is 4.74 Å². The number of benzene rings is 1. The standard InChI is InChI=1S/C16H22N2O4S/c1-2-11-23(20,21)18-8-6-17(7-9-18)16(19)14-3-4-15-13(12-14)5-10-22-15/h3-4,12H,2,5-11H2,1H3. The highest BCUT2D eigenvalue weighted by molar-refractivity contribution is 7.89. The van der Waals surface area contributed by atoms with E-state index in [1.165, 1.54) is 4.31 Å². The maximum Gasteiger partial charge on any atom is 0.253 e. The van der Waals surface area contributed by atoms with Crippen molar-refractivity contribution < 1.29 is 17.9 Å². The maximum absolute atomic E-state index is 12.6. The van der Waals surface area contributed by atoms with E-state index in [1.54, 1.807) is 11.0 Å². The van der Waals surface area contributed by atoms with Gasteiger partial charge < -0.3 is 9.64 Å². The number of carbonyl (C=O) groups excluding carboxylic acids is 1. The lowest BCUT2D eigenvalue weighted by Crippen LogP contribution is -2.51. The Morgan fingerprint density at radius 2 is 1.96 bits per heavy atom. The van der Waals surface area contributed by atoms with E-state index in [4.69, 9.17) is 4.74 Å². The fourth-order valence-corrected chi connectivity index (χ4v) is 4.55. The van der Waals surface area contributed by atoms with Gasteiger partial charge in [0.1, 0.15) is 5.75 Å². The van der Waals surface area contributed by atoms with E-state index in [1.807, 2.05) is 19.1 Å². The molecule has 0 aliphatic carbocycles. The average Bonchev–Trinajstić information content (AvgIpc) is 3.02. The van der Waals surface area contributed by atoms with Crippen molar-refractivity contribution in [1.29, 1.82) is 0 Å². The Bertz CT molecular complexity index is 694. The summed E-state index contributed by atoms with van der Waals surface area (Å²) in [5.74, 6) is 0.996. The van der Waals surface area contributed by atoms with E-state index in [-0.39, 0.29) is 11.7 Å². The summed E-state index contributed by atoms with van der Waals surface area (Å²) < 4.78 is 31.1. The smallest absolute Gasteiger partial charge is 0.253 e. The summed E-state index contributed by atoms with van der Waals surface area (Å²) >= 11 is 0. The zero-order chi connectivity index (χ0) is 16.4. The molecule has 1 amide bonds. The van der Waals surface area contributed by atoms with E-state index in [9.17, 15) is 13.2 Å². The Hall–Kier alpha value is -1.60. The molecule has 0 atom stereocenters. The van der Waals surface area contributed by atoms with Gasteiger partial charge in [-0.2, -0.15) is 4.31 Å². The van der Waals surface area contributed by atoms with Crippen LogP contribution >= 0.6 is 0 Å². The number of hydrogen-bond acceptors (Lipinski definition) is 4. The lowest BCUT2D eigenvalue weighted by atomic mass is 10.1. The summed E-state index contributed by atoms with van der Waals surface area (Å²) in [5, 5.41) is 0. The van der Waals surface area contributed by atoms with Crippen LogP contribution in [0.4, 0.5) is 0 Å². The number of amides is 1. The van der Waals surface area contributed by atoms with E-state index < -0.39 is 10.0 Å². The van der Waals surface area contributed by atoms with Crippen molar-refractivity contribution >= 4 is 15.9 Å². The Morgan fingerprint density at radius 3 is 2.65 bits per heavy atom. The molecule has 1 aromatic rings. The molecule has 0 radical (unpaired) electrons. The van der Waals surface area contributed by atoms with Gasteiger partial charge in [0.2, 0.25) is 10.0 Å². The minimum absolute atomic E-state index is 0.0350. The number of piperazine rings is 1. The van der Waals surface area contributed by atoms with Crippen molar-refractivity contribution in [3.8, 4) is 5.75 Å². The largest absolute Gasteiger partial charge is 0.493 e. The number of ether oxygens (including phenoxy) is 1. The second-order valence-electron chi connectivity index (χ2n) is 5.93. The Balaban J connectivity index is 1.65. The van der Waals surface area contributed by atoms with Crippen molar-refractivity contribution in [2.24, 2.45) is 0 Å². The molecule has 0 N–H and O–H groups in total. The van der Waals surface area contributed by atoms with Crippen molar-refractivity contribution in [2.75, 3.05) is 38.5 Å². The monoisotopic (exact) mass is 338 g/mol. The van der Waals surface area contributed by atoms with Gasteiger partial charge in [-0.05, 0) is 30.2 Å². The number of fused-ring (bicyclic) bond motifs is 1. The highest BCUT2D eigenvalue weighted by Gasteiger charge is 2.29. The summed E-state index contributed by atoms with van der Waals surface area (Å²) in [5.41, 5.74) is 1.72. The molecule has 23 heavy (non-hydrogen) atoms. The molecule has 2 aliphatic rings. The van der Waals surface area contributed by atoms with Crippen LogP contribution in [0.2, 0.25) is 0 Å². The summed E-state index contributed by atoms with van der Waals surface area (Å²) in [6, 6.07) is 5.52. The quantitative estimate of drug-likeness (QED) is 0.825. The van der Waals surface area contributed by atoms with Crippen LogP contribution in [0.15, 0.2) is 18.2 Å². The maximum atomic E-state index is 12.6. The first-order valence-electron chi connectivity index (χ1n) is 8.04. The number of hydrogen-bond donors (Lipinski definition) is 0. The van der Waals surface area contributed by atoms with Gasteiger partial charge in [-0.25, -0.2) is 8.42 Å². The van der Waals surface area contributed by atoms with Gasteiger partial charge in [0.05, 0.1) is 12.4 Å². The highest BCUT2D eigenvalue weighted by atomic mass is 32.2. The van der Waals surface area contributed by atoms with Gasteiger partial charge in [-0.15, -0.1) is 0 Å². The van der Waals surface area contributed by atoms with Gasteiger partial charge in [-0.1, -0.05) is 6.92 Å². The molecule has 126 valence electrons. The number of rotatable bonds is 4. The van der Waals surface area contributed by atoms with Crippen LogP contribution in [-0.2, 0) is 16.4 Å². The Kier molecular flexibility index (Phi) is 4.59. The molecule has 1 aromatic carbocycles. The molecule has 2 aliphatic heterocycles. The van der Waals surface area contributed by atoms with Crippen LogP contribution in [0.25, 0.3) is 0 Å². The third-order valence-corrected chi connectivity index (χ3v) is 6.39. The number of sulfonamides is 1. The SMILES string of the molecule is CCCS(=O)(=O)N1CCN(C(=O)c2ccc3c(c2)CCO3)CC1. The van der Waals surface area contributed by atoms with Crippen molar-refractivity contribution in [3.05, 3.63) is 29.3 Å². The van der Waals surface area contributed by atoms with Crippen molar-refractivity contribution in [3.63, 3.8) is 0 Å². The second kappa shape index (κ2) is 6.49. The van der Waals surface area contributed by atoms with E-state index >= 15 is 0 Å². The minimum Gasteiger partial charge on any atom is -0.493 e. The average molecular weight is 338 g/mol. The highest BCUT2D eigenvalue weighted by Crippen LogP contribution is 2.26. The van der Waals surface area contributed by atoms with E-state index in [0.717, 1.165) is 17.7 Å². The first kappa shape index (κ1) is 16.3. The molecule has 0 unspecified atom stereocenters. The summed E-state index contributed by atoms with van der Waals surface area (Å²) in [6.45, 7) is 4.16. The third kappa shape index (κ3) is 3.35. The summed E-state index contributed by atoms with van der Waals surface area (Å²) in [4.78, 5) is 14.3. The molecule has 7 heteroatoms. The van der Waals surface area contributed by atoms with Crippen molar-refractivity contribution in [2.45, 2.75) is 19.8 Å². The lowest BCUT2D eigenvalue weighted by Gasteiger charge is -2.34. The first-order chi connectivity index (χ1) is 11.0. The molecule has 3 rings (SSSR count). The lowest BCUT2D eigenvalue weighted by molar-refractivity contribution is 0.0698. The van der Waals surface area contributed by atoms with Gasteiger partial charge in [0.15, 0.2) is 0 Å². The summed E-state index contributed by atoms with van der Waals surface area (Å²) in [7, 11) is -3.18. The molecule has 2 heterocycles. The topological polar surface area (TPSA) is 66.9 Å². The van der Waals surface area contributed by atoms with Gasteiger partial charge in [0, 0.05) is 38.2 Å². The van der Waals surface area contributed by atoms with Gasteiger partial charge in [-0.3, -0.25) is 4.79 Å². The first-order valence-corrected chi connectivity index (χ1v) is 9.65. The predicted molar refractivity (Wildman–Crippen MR) is 87.2 cm³/mol. The third-order valence-electron chi connectivity index (χ3n) is 4.32. The Morgan fingerprint density at radius 1 is 1.22 bits per heavy atom. The Labute approximate surface area is 137 Å². The molecule has 0 saturated carbocycles. The zero-order valence-electron chi connectivity index (χ0n) is 13.3. The fraction of sp³-hybridized carbons (Fsp3) is 0.562. The van der Waals surface area contributed by atoms with Gasteiger partial charge >= 0.3 is 0 Å². The molecule has 0 aromatic heterocycles. The molecule has 0 bridgehead atoms. The molecule has 0 spiro atoms. The molecule has 1 fully saturated rings.